The molecular weight excluding hydrogens is 420 g/mol. The quantitative estimate of drug-likeness (QED) is 0.609. The number of thiophene rings is 1. The minimum atomic E-state index is -1.20. The summed E-state index contributed by atoms with van der Waals surface area (Å²) in [5.74, 6) is -1.08. The summed E-state index contributed by atoms with van der Waals surface area (Å²) in [6.45, 7) is 0.406. The largest absolute Gasteiger partial charge is 0.477 e. The molecule has 4 rings (SSSR count). The zero-order chi connectivity index (χ0) is 20.5. The molecule has 1 atom stereocenters. The fraction of sp³-hybridized carbons (Fsp3) is 0.333. The molecule has 1 saturated heterocycles. The van der Waals surface area contributed by atoms with Crippen molar-refractivity contribution in [1.82, 2.24) is 19.8 Å². The number of rotatable bonds is 6. The van der Waals surface area contributed by atoms with Crippen LogP contribution in [-0.2, 0) is 6.54 Å². The number of aliphatic hydroxyl groups is 1. The summed E-state index contributed by atoms with van der Waals surface area (Å²) in [5, 5.41) is 27.1. The van der Waals surface area contributed by atoms with Gasteiger partial charge in [-0.1, -0.05) is 16.8 Å². The van der Waals surface area contributed by atoms with Crippen LogP contribution < -0.4 is 0 Å². The first-order valence-corrected chi connectivity index (χ1v) is 10.1. The number of nitrogens with zero attached hydrogens (tertiary/aromatic N) is 4. The number of aliphatic hydroxyl groups excluding tert-OH is 1. The molecule has 4 heterocycles. The number of carbonyl (C=O) groups is 2. The molecule has 3 aromatic rings. The highest BCUT2D eigenvalue weighted by Crippen LogP contribution is 2.31. The second-order valence-corrected chi connectivity index (χ2v) is 8.36. The van der Waals surface area contributed by atoms with E-state index < -0.39 is 11.9 Å². The number of likely N-dealkylation sites (tertiary alicyclic amines) is 1. The van der Waals surface area contributed by atoms with E-state index in [1.54, 1.807) is 18.2 Å². The van der Waals surface area contributed by atoms with Gasteiger partial charge < -0.3 is 19.6 Å². The Morgan fingerprint density at radius 1 is 1.34 bits per heavy atom. The highest BCUT2D eigenvalue weighted by atomic mass is 35.5. The molecule has 0 aliphatic carbocycles. The van der Waals surface area contributed by atoms with Crippen molar-refractivity contribution < 1.29 is 24.3 Å². The normalized spacial score (nSPS) is 16.5. The Morgan fingerprint density at radius 2 is 2.17 bits per heavy atom. The van der Waals surface area contributed by atoms with E-state index >= 15 is 0 Å². The Bertz CT molecular complexity index is 1060. The minimum Gasteiger partial charge on any atom is -0.477 e. The lowest BCUT2D eigenvalue weighted by Crippen LogP contribution is -2.37. The summed E-state index contributed by atoms with van der Waals surface area (Å²) in [7, 11) is 0. The van der Waals surface area contributed by atoms with Crippen LogP contribution in [0.5, 0.6) is 0 Å². The van der Waals surface area contributed by atoms with Crippen molar-refractivity contribution >= 4 is 34.8 Å². The maximum Gasteiger partial charge on any atom is 0.354 e. The van der Waals surface area contributed by atoms with Crippen molar-refractivity contribution in [3.63, 3.8) is 0 Å². The van der Waals surface area contributed by atoms with Gasteiger partial charge in [-0.15, -0.1) is 11.3 Å². The third kappa shape index (κ3) is 3.91. The molecule has 9 nitrogen and oxygen atoms in total. The number of carboxylic acid groups (broad SMARTS) is 1. The highest BCUT2D eigenvalue weighted by molar-refractivity contribution is 7.19. The fourth-order valence-electron chi connectivity index (χ4n) is 3.36. The van der Waals surface area contributed by atoms with Crippen molar-refractivity contribution in [2.24, 2.45) is 0 Å². The van der Waals surface area contributed by atoms with Crippen LogP contribution in [0.2, 0.25) is 4.34 Å². The van der Waals surface area contributed by atoms with Crippen LogP contribution in [0.1, 0.15) is 39.5 Å². The van der Waals surface area contributed by atoms with Crippen LogP contribution >= 0.6 is 22.9 Å². The van der Waals surface area contributed by atoms with Crippen molar-refractivity contribution in [2.75, 3.05) is 13.2 Å². The Balaban J connectivity index is 1.58. The van der Waals surface area contributed by atoms with Crippen LogP contribution in [0.15, 0.2) is 28.8 Å². The van der Waals surface area contributed by atoms with Crippen molar-refractivity contribution in [2.45, 2.75) is 25.4 Å². The Labute approximate surface area is 174 Å². The van der Waals surface area contributed by atoms with Gasteiger partial charge in [0.2, 0.25) is 0 Å². The first kappa shape index (κ1) is 19.6. The molecule has 0 radical (unpaired) electrons. The lowest BCUT2D eigenvalue weighted by molar-refractivity contribution is 0.0667. The molecule has 3 aromatic heterocycles. The molecule has 29 heavy (non-hydrogen) atoms. The summed E-state index contributed by atoms with van der Waals surface area (Å²) in [6, 6.07) is 6.21. The van der Waals surface area contributed by atoms with E-state index in [2.05, 4.69) is 10.3 Å². The Hall–Kier alpha value is -2.69. The monoisotopic (exact) mass is 436 g/mol. The standard InChI is InChI=1S/C18H17ClN4O5S/c19-16-4-3-15(29-16)14-6-10(21-28-14)8-23-13(18(26)27)7-12(20-23)17(25)22-5-1-2-11(22)9-24/h3-4,6-7,11,24H,1-2,5,8-9H2,(H,26,27)/t11-/m0/s1. The molecule has 0 bridgehead atoms. The first-order chi connectivity index (χ1) is 14.0. The van der Waals surface area contributed by atoms with Crippen LogP contribution in [0.3, 0.4) is 0 Å². The smallest absolute Gasteiger partial charge is 0.354 e. The van der Waals surface area contributed by atoms with Gasteiger partial charge in [0, 0.05) is 18.7 Å². The third-order valence-electron chi connectivity index (χ3n) is 4.75. The van der Waals surface area contributed by atoms with Crippen molar-refractivity contribution in [3.8, 4) is 10.6 Å². The first-order valence-electron chi connectivity index (χ1n) is 8.90. The number of amides is 1. The van der Waals surface area contributed by atoms with E-state index in [0.29, 0.717) is 28.8 Å². The number of hydrogen-bond acceptors (Lipinski definition) is 7. The average Bonchev–Trinajstić information content (AvgIpc) is 3.47. The van der Waals surface area contributed by atoms with Crippen LogP contribution in [0.25, 0.3) is 10.6 Å². The van der Waals surface area contributed by atoms with Gasteiger partial charge >= 0.3 is 5.97 Å². The zero-order valence-electron chi connectivity index (χ0n) is 15.1. The van der Waals surface area contributed by atoms with Gasteiger partial charge in [-0.25, -0.2) is 4.79 Å². The number of hydrogen-bond donors (Lipinski definition) is 2. The summed E-state index contributed by atoms with van der Waals surface area (Å²) in [6.07, 6.45) is 1.50. The number of carbonyl (C=O) groups excluding carboxylic acids is 1. The maximum atomic E-state index is 12.7. The summed E-state index contributed by atoms with van der Waals surface area (Å²) in [5.41, 5.74) is 0.358. The molecule has 0 saturated carbocycles. The Kier molecular flexibility index (Phi) is 5.39. The highest BCUT2D eigenvalue weighted by Gasteiger charge is 2.31. The predicted octanol–water partition coefficient (Wildman–Crippen LogP) is 2.60. The molecule has 152 valence electrons. The van der Waals surface area contributed by atoms with E-state index in [9.17, 15) is 19.8 Å². The summed E-state index contributed by atoms with van der Waals surface area (Å²) >= 11 is 7.27. The number of aromatic carboxylic acids is 1. The molecule has 11 heteroatoms. The van der Waals surface area contributed by atoms with Gasteiger partial charge in [-0.3, -0.25) is 9.48 Å². The SMILES string of the molecule is O=C(O)c1cc(C(=O)N2CCC[C@H]2CO)nn1Cc1cc(-c2ccc(Cl)s2)on1. The molecule has 0 spiro atoms. The van der Waals surface area contributed by atoms with Gasteiger partial charge in [-0.05, 0) is 25.0 Å². The van der Waals surface area contributed by atoms with Crippen LogP contribution in [-0.4, -0.2) is 61.1 Å². The molecule has 1 aliphatic rings. The minimum absolute atomic E-state index is 0.0245. The van der Waals surface area contributed by atoms with Crippen molar-refractivity contribution in [3.05, 3.63) is 45.7 Å². The number of halogens is 1. The topological polar surface area (TPSA) is 122 Å². The van der Waals surface area contributed by atoms with Gasteiger partial charge in [0.05, 0.1) is 28.4 Å². The molecule has 1 aliphatic heterocycles. The van der Waals surface area contributed by atoms with E-state index in [1.807, 2.05) is 0 Å². The molecule has 0 unspecified atom stereocenters. The predicted molar refractivity (Wildman–Crippen MR) is 104 cm³/mol. The molecule has 0 aromatic carbocycles. The maximum absolute atomic E-state index is 12.7. The summed E-state index contributed by atoms with van der Waals surface area (Å²) < 4.78 is 7.14. The number of aromatic nitrogens is 3. The van der Waals surface area contributed by atoms with Crippen molar-refractivity contribution in [1.29, 1.82) is 0 Å². The van der Waals surface area contributed by atoms with E-state index in [1.165, 1.54) is 27.0 Å². The Morgan fingerprint density at radius 3 is 2.86 bits per heavy atom. The second kappa shape index (κ2) is 7.97. The molecular formula is C18H17ClN4O5S. The average molecular weight is 437 g/mol. The third-order valence-corrected chi connectivity index (χ3v) is 6.00. The zero-order valence-corrected chi connectivity index (χ0v) is 16.7. The lowest BCUT2D eigenvalue weighted by Gasteiger charge is -2.21. The van der Waals surface area contributed by atoms with E-state index in [0.717, 1.165) is 11.3 Å². The fourth-order valence-corrected chi connectivity index (χ4v) is 4.35. The lowest BCUT2D eigenvalue weighted by atomic mass is 10.2. The van der Waals surface area contributed by atoms with Gasteiger partial charge in [0.15, 0.2) is 11.5 Å². The van der Waals surface area contributed by atoms with Gasteiger partial charge in [0.25, 0.3) is 5.91 Å². The van der Waals surface area contributed by atoms with Crippen LogP contribution in [0.4, 0.5) is 0 Å². The van der Waals surface area contributed by atoms with Gasteiger partial charge in [-0.2, -0.15) is 5.10 Å². The van der Waals surface area contributed by atoms with E-state index in [-0.39, 0.29) is 30.6 Å². The molecule has 2 N–H and O–H groups in total. The molecule has 1 amide bonds. The summed E-state index contributed by atoms with van der Waals surface area (Å²) in [4.78, 5) is 26.7. The van der Waals surface area contributed by atoms with E-state index in [4.69, 9.17) is 16.1 Å². The molecule has 1 fully saturated rings. The number of carboxylic acids is 1. The second-order valence-electron chi connectivity index (χ2n) is 6.64. The van der Waals surface area contributed by atoms with Crippen LogP contribution in [0, 0.1) is 0 Å². The van der Waals surface area contributed by atoms with Gasteiger partial charge in [0.1, 0.15) is 11.4 Å².